The molecule has 1 unspecified atom stereocenters. The molecule has 0 spiro atoms. The van der Waals surface area contributed by atoms with Crippen LogP contribution in [0.3, 0.4) is 0 Å². The van der Waals surface area contributed by atoms with E-state index in [0.717, 1.165) is 12.8 Å². The smallest absolute Gasteiger partial charge is 0.374 e. The summed E-state index contributed by atoms with van der Waals surface area (Å²) in [5, 5.41) is 2.18. The number of unbranched alkanes of at least 4 members (excludes halogenated alkanes) is 1. The van der Waals surface area contributed by atoms with Crippen molar-refractivity contribution >= 4 is 32.3 Å². The Morgan fingerprint density at radius 2 is 1.80 bits per heavy atom. The second-order valence-corrected chi connectivity index (χ2v) is 6.92. The van der Waals surface area contributed by atoms with Gasteiger partial charge < -0.3 is 13.3 Å². The quantitative estimate of drug-likeness (QED) is 0.253. The van der Waals surface area contributed by atoms with E-state index in [4.69, 9.17) is 13.3 Å². The van der Waals surface area contributed by atoms with Crippen LogP contribution in [-0.4, -0.2) is 39.1 Å². The molecule has 0 saturated carbocycles. The molecule has 8 heteroatoms. The summed E-state index contributed by atoms with van der Waals surface area (Å²) >= 11 is 4.57. The van der Waals surface area contributed by atoms with Gasteiger partial charge in [-0.1, -0.05) is 13.3 Å². The molecule has 0 aliphatic heterocycles. The number of isothiocyanates is 1. The zero-order chi connectivity index (χ0) is 15.5. The summed E-state index contributed by atoms with van der Waals surface area (Å²) in [7, 11) is -2.98. The molecule has 0 amide bonds. The number of hydrogen-bond donors (Lipinski definition) is 0. The lowest BCUT2D eigenvalue weighted by Gasteiger charge is -2.33. The molecule has 0 bridgehead atoms. The van der Waals surface area contributed by atoms with Crippen LogP contribution in [0.15, 0.2) is 9.98 Å². The standard InChI is InChI=1S/C12H22N2O4SSi/c1-5-8-9-20(16-6-2,17-7-3)18-12(4,13-10-15)14-11-19/h5-9H2,1-4H3. The molecule has 0 aromatic rings. The molecule has 0 aliphatic rings. The van der Waals surface area contributed by atoms with Gasteiger partial charge in [-0.25, -0.2) is 4.79 Å². The number of carbonyl (C=O) groups excluding carboxylic acids is 1. The predicted octanol–water partition coefficient (Wildman–Crippen LogP) is 2.93. The summed E-state index contributed by atoms with van der Waals surface area (Å²) in [6.45, 7) is 8.17. The second kappa shape index (κ2) is 10.1. The van der Waals surface area contributed by atoms with E-state index >= 15 is 0 Å². The van der Waals surface area contributed by atoms with Crippen molar-refractivity contribution in [2.45, 2.75) is 52.4 Å². The monoisotopic (exact) mass is 318 g/mol. The van der Waals surface area contributed by atoms with E-state index in [-0.39, 0.29) is 0 Å². The number of hydrogen-bond acceptors (Lipinski definition) is 7. The van der Waals surface area contributed by atoms with Crippen LogP contribution in [-0.2, 0) is 18.1 Å². The number of nitrogens with zero attached hydrogens (tertiary/aromatic N) is 2. The Morgan fingerprint density at radius 1 is 1.20 bits per heavy atom. The van der Waals surface area contributed by atoms with E-state index < -0.39 is 14.7 Å². The first-order valence-corrected chi connectivity index (χ1v) is 9.01. The number of isocyanates is 1. The fourth-order valence-electron chi connectivity index (χ4n) is 1.66. The lowest BCUT2D eigenvalue weighted by atomic mass is 10.4. The molecular formula is C12H22N2O4SSi. The van der Waals surface area contributed by atoms with Gasteiger partial charge in [-0.3, -0.25) is 0 Å². The second-order valence-electron chi connectivity index (χ2n) is 4.09. The van der Waals surface area contributed by atoms with Gasteiger partial charge in [0.05, 0.1) is 5.16 Å². The minimum atomic E-state index is -2.98. The summed E-state index contributed by atoms with van der Waals surface area (Å²) < 4.78 is 17.3. The SMILES string of the molecule is CCCC[Si](OCC)(OCC)OC(C)(N=C=O)N=C=S. The predicted molar refractivity (Wildman–Crippen MR) is 81.4 cm³/mol. The highest BCUT2D eigenvalue weighted by Crippen LogP contribution is 2.27. The van der Waals surface area contributed by atoms with Gasteiger partial charge >= 0.3 is 8.80 Å². The zero-order valence-electron chi connectivity index (χ0n) is 12.5. The summed E-state index contributed by atoms with van der Waals surface area (Å²) in [4.78, 5) is 17.9. The molecule has 0 fully saturated rings. The third kappa shape index (κ3) is 6.63. The normalized spacial score (nSPS) is 14.0. The molecule has 0 aromatic carbocycles. The third-order valence-corrected chi connectivity index (χ3v) is 5.63. The minimum absolute atomic E-state index is 0.443. The molecule has 20 heavy (non-hydrogen) atoms. The summed E-state index contributed by atoms with van der Waals surface area (Å²) in [5.41, 5.74) is 0. The van der Waals surface area contributed by atoms with Crippen molar-refractivity contribution in [2.24, 2.45) is 9.98 Å². The largest absolute Gasteiger partial charge is 0.504 e. The Morgan fingerprint density at radius 3 is 2.20 bits per heavy atom. The van der Waals surface area contributed by atoms with Crippen molar-refractivity contribution in [3.8, 4) is 0 Å². The maximum absolute atomic E-state index is 10.6. The topological polar surface area (TPSA) is 69.5 Å². The lowest BCUT2D eigenvalue weighted by molar-refractivity contribution is -0.0103. The van der Waals surface area contributed by atoms with Crippen LogP contribution in [0, 0.1) is 0 Å². The van der Waals surface area contributed by atoms with Gasteiger partial charge in [0, 0.05) is 26.2 Å². The van der Waals surface area contributed by atoms with Crippen molar-refractivity contribution in [1.82, 2.24) is 0 Å². The van der Waals surface area contributed by atoms with Crippen LogP contribution >= 0.6 is 12.2 Å². The van der Waals surface area contributed by atoms with Gasteiger partial charge in [-0.2, -0.15) is 4.99 Å². The molecule has 0 aromatic heterocycles. The van der Waals surface area contributed by atoms with E-state index in [1.54, 1.807) is 0 Å². The van der Waals surface area contributed by atoms with Gasteiger partial charge in [0.2, 0.25) is 6.08 Å². The Balaban J connectivity index is 5.35. The van der Waals surface area contributed by atoms with Crippen LogP contribution < -0.4 is 0 Å². The maximum atomic E-state index is 10.6. The number of thiocarbonyl (C=S) groups is 1. The molecule has 0 heterocycles. The molecule has 0 saturated heterocycles. The van der Waals surface area contributed by atoms with E-state index in [1.165, 1.54) is 13.0 Å². The number of aliphatic imine (C=N–C) groups is 2. The summed E-state index contributed by atoms with van der Waals surface area (Å²) in [6, 6.07) is 0.627. The molecule has 0 rings (SSSR count). The van der Waals surface area contributed by atoms with Gasteiger partial charge in [0.15, 0.2) is 0 Å². The van der Waals surface area contributed by atoms with Crippen LogP contribution in [0.4, 0.5) is 0 Å². The highest BCUT2D eigenvalue weighted by molar-refractivity contribution is 7.78. The van der Waals surface area contributed by atoms with Crippen LogP contribution in [0.25, 0.3) is 0 Å². The highest BCUT2D eigenvalue weighted by atomic mass is 32.1. The van der Waals surface area contributed by atoms with Crippen molar-refractivity contribution in [3.05, 3.63) is 0 Å². The fraction of sp³-hybridized carbons (Fsp3) is 0.833. The lowest BCUT2D eigenvalue weighted by Crippen LogP contribution is -2.51. The van der Waals surface area contributed by atoms with Crippen molar-refractivity contribution in [3.63, 3.8) is 0 Å². The van der Waals surface area contributed by atoms with Gasteiger partial charge in [-0.05, 0) is 32.5 Å². The van der Waals surface area contributed by atoms with Crippen LogP contribution in [0.1, 0.15) is 40.5 Å². The Kier molecular flexibility index (Phi) is 9.70. The average molecular weight is 318 g/mol. The van der Waals surface area contributed by atoms with Gasteiger partial charge in [0.1, 0.15) is 0 Å². The van der Waals surface area contributed by atoms with Crippen LogP contribution in [0.2, 0.25) is 6.04 Å². The summed E-state index contributed by atoms with van der Waals surface area (Å²) in [5.74, 6) is -1.49. The molecule has 0 radical (unpaired) electrons. The van der Waals surface area contributed by atoms with Gasteiger partial charge in [0.25, 0.3) is 5.85 Å². The third-order valence-electron chi connectivity index (χ3n) is 2.42. The molecule has 114 valence electrons. The van der Waals surface area contributed by atoms with Crippen LogP contribution in [0.5, 0.6) is 0 Å². The summed E-state index contributed by atoms with van der Waals surface area (Å²) in [6.07, 6.45) is 3.29. The molecule has 0 aliphatic carbocycles. The van der Waals surface area contributed by atoms with E-state index in [2.05, 4.69) is 34.3 Å². The first-order chi connectivity index (χ1) is 9.51. The molecule has 1 atom stereocenters. The first kappa shape index (κ1) is 19.3. The maximum Gasteiger partial charge on any atom is 0.504 e. The van der Waals surface area contributed by atoms with E-state index in [0.29, 0.717) is 19.3 Å². The Labute approximate surface area is 126 Å². The highest BCUT2D eigenvalue weighted by Gasteiger charge is 2.46. The Bertz CT molecular complexity index is 358. The molecular weight excluding hydrogens is 296 g/mol. The van der Waals surface area contributed by atoms with Crippen molar-refractivity contribution < 1.29 is 18.1 Å². The average Bonchev–Trinajstić information content (AvgIpc) is 2.37. The van der Waals surface area contributed by atoms with E-state index in [1.807, 2.05) is 13.8 Å². The Hall–Kier alpha value is -0.723. The van der Waals surface area contributed by atoms with Crippen molar-refractivity contribution in [1.29, 1.82) is 0 Å². The zero-order valence-corrected chi connectivity index (χ0v) is 14.3. The molecule has 6 nitrogen and oxygen atoms in total. The minimum Gasteiger partial charge on any atom is -0.374 e. The fourth-order valence-corrected chi connectivity index (χ4v) is 4.77. The number of rotatable bonds is 11. The first-order valence-electron chi connectivity index (χ1n) is 6.67. The van der Waals surface area contributed by atoms with E-state index in [9.17, 15) is 4.79 Å². The van der Waals surface area contributed by atoms with Gasteiger partial charge in [-0.15, -0.1) is 4.99 Å². The molecule has 0 N–H and O–H groups in total. The van der Waals surface area contributed by atoms with Crippen molar-refractivity contribution in [2.75, 3.05) is 13.2 Å².